The van der Waals surface area contributed by atoms with Crippen molar-refractivity contribution in [3.05, 3.63) is 70.5 Å². The molecule has 27 heavy (non-hydrogen) atoms. The van der Waals surface area contributed by atoms with Gasteiger partial charge in [0.25, 0.3) is 5.56 Å². The second kappa shape index (κ2) is 6.94. The van der Waals surface area contributed by atoms with Crippen LogP contribution in [-0.4, -0.2) is 36.0 Å². The molecule has 3 aromatic heterocycles. The smallest absolute Gasteiger partial charge is 0.261 e. The monoisotopic (exact) mass is 381 g/mol. The lowest BCUT2D eigenvalue weighted by Crippen LogP contribution is -2.26. The van der Waals surface area contributed by atoms with Gasteiger partial charge in [0.15, 0.2) is 5.82 Å². The van der Waals surface area contributed by atoms with E-state index >= 15 is 0 Å². The second-order valence-electron chi connectivity index (χ2n) is 6.17. The maximum absolute atomic E-state index is 13.0. The molecule has 8 heteroatoms. The van der Waals surface area contributed by atoms with E-state index in [0.717, 1.165) is 5.56 Å². The SMILES string of the molecule is C[C@@H](CO)n1cnc2c(-n3cccn3)nc(-c3ccc(Cl)cc3)cc2c1=O. The molecule has 0 spiro atoms. The standard InChI is InChI=1S/C19H16ClN5O2/c1-12(10-26)24-11-21-17-15(19(24)27)9-16(13-3-5-14(20)6-4-13)23-18(17)25-8-2-7-22-25/h2-9,11-12,26H,10H2,1H3/t12-/m0/s1. The fourth-order valence-corrected chi connectivity index (χ4v) is 2.98. The zero-order chi connectivity index (χ0) is 19.0. The van der Waals surface area contributed by atoms with Crippen LogP contribution in [0.1, 0.15) is 13.0 Å². The molecular weight excluding hydrogens is 366 g/mol. The number of hydrogen-bond acceptors (Lipinski definition) is 5. The number of halogens is 1. The Balaban J connectivity index is 2.04. The van der Waals surface area contributed by atoms with Crippen LogP contribution >= 0.6 is 11.6 Å². The number of aliphatic hydroxyl groups is 1. The molecule has 3 heterocycles. The van der Waals surface area contributed by atoms with E-state index < -0.39 is 0 Å². The highest BCUT2D eigenvalue weighted by atomic mass is 35.5. The van der Waals surface area contributed by atoms with E-state index in [0.29, 0.717) is 27.4 Å². The second-order valence-corrected chi connectivity index (χ2v) is 6.61. The minimum Gasteiger partial charge on any atom is -0.394 e. The fraction of sp³-hybridized carbons (Fsp3) is 0.158. The van der Waals surface area contributed by atoms with Crippen LogP contribution in [0.3, 0.4) is 0 Å². The quantitative estimate of drug-likeness (QED) is 0.587. The highest BCUT2D eigenvalue weighted by Crippen LogP contribution is 2.25. The van der Waals surface area contributed by atoms with E-state index in [4.69, 9.17) is 11.6 Å². The highest BCUT2D eigenvalue weighted by Gasteiger charge is 2.16. The molecule has 0 fully saturated rings. The Bertz CT molecular complexity index is 1150. The largest absolute Gasteiger partial charge is 0.394 e. The van der Waals surface area contributed by atoms with E-state index in [1.54, 1.807) is 48.3 Å². The molecule has 0 aliphatic heterocycles. The number of pyridine rings is 1. The average Bonchev–Trinajstić information content (AvgIpc) is 3.22. The van der Waals surface area contributed by atoms with Crippen molar-refractivity contribution in [1.29, 1.82) is 0 Å². The molecule has 4 aromatic rings. The first-order chi connectivity index (χ1) is 13.1. The van der Waals surface area contributed by atoms with Gasteiger partial charge in [0.2, 0.25) is 0 Å². The Morgan fingerprint density at radius 3 is 2.70 bits per heavy atom. The van der Waals surface area contributed by atoms with E-state index in [1.165, 1.54) is 10.9 Å². The number of nitrogens with zero attached hydrogens (tertiary/aromatic N) is 5. The van der Waals surface area contributed by atoms with E-state index in [-0.39, 0.29) is 18.2 Å². The predicted octanol–water partition coefficient (Wildman–Crippen LogP) is 2.85. The Morgan fingerprint density at radius 1 is 1.26 bits per heavy atom. The van der Waals surface area contributed by atoms with Gasteiger partial charge < -0.3 is 5.11 Å². The molecule has 0 bridgehead atoms. The molecule has 1 N–H and O–H groups in total. The van der Waals surface area contributed by atoms with Crippen LogP contribution < -0.4 is 5.56 Å². The van der Waals surface area contributed by atoms with Crippen LogP contribution in [0.4, 0.5) is 0 Å². The summed E-state index contributed by atoms with van der Waals surface area (Å²) in [6.07, 6.45) is 4.82. The molecule has 0 aliphatic carbocycles. The van der Waals surface area contributed by atoms with E-state index in [2.05, 4.69) is 15.1 Å². The minimum absolute atomic E-state index is 0.159. The zero-order valence-corrected chi connectivity index (χ0v) is 15.2. The maximum Gasteiger partial charge on any atom is 0.261 e. The Labute approximate surface area is 159 Å². The molecule has 0 saturated carbocycles. The van der Waals surface area contributed by atoms with Gasteiger partial charge in [-0.1, -0.05) is 23.7 Å². The molecule has 0 saturated heterocycles. The lowest BCUT2D eigenvalue weighted by Gasteiger charge is -2.14. The molecule has 4 rings (SSSR count). The zero-order valence-electron chi connectivity index (χ0n) is 14.5. The summed E-state index contributed by atoms with van der Waals surface area (Å²) in [5.41, 5.74) is 1.63. The van der Waals surface area contributed by atoms with E-state index in [1.807, 2.05) is 12.1 Å². The van der Waals surface area contributed by atoms with Crippen LogP contribution in [0.15, 0.2) is 59.9 Å². The van der Waals surface area contributed by atoms with Crippen molar-refractivity contribution >= 4 is 22.5 Å². The Hall–Kier alpha value is -3.03. The summed E-state index contributed by atoms with van der Waals surface area (Å²) in [6, 6.07) is 10.3. The number of fused-ring (bicyclic) bond motifs is 1. The topological polar surface area (TPSA) is 85.8 Å². The first kappa shape index (κ1) is 17.4. The van der Waals surface area contributed by atoms with Crippen LogP contribution in [-0.2, 0) is 0 Å². The Morgan fingerprint density at radius 2 is 2.04 bits per heavy atom. The van der Waals surface area contributed by atoms with Gasteiger partial charge >= 0.3 is 0 Å². The van der Waals surface area contributed by atoms with Crippen molar-refractivity contribution in [3.8, 4) is 17.1 Å². The Kier molecular flexibility index (Phi) is 4.47. The van der Waals surface area contributed by atoms with Crippen molar-refractivity contribution < 1.29 is 5.11 Å². The summed E-state index contributed by atoms with van der Waals surface area (Å²) < 4.78 is 2.99. The number of hydrogen-bond donors (Lipinski definition) is 1. The van der Waals surface area contributed by atoms with E-state index in [9.17, 15) is 9.90 Å². The molecule has 0 aliphatic rings. The van der Waals surface area contributed by atoms with Crippen LogP contribution in [0.5, 0.6) is 0 Å². The third kappa shape index (κ3) is 3.11. The molecule has 0 unspecified atom stereocenters. The maximum atomic E-state index is 13.0. The highest BCUT2D eigenvalue weighted by molar-refractivity contribution is 6.30. The van der Waals surface area contributed by atoms with Gasteiger partial charge in [0, 0.05) is 23.0 Å². The first-order valence-electron chi connectivity index (χ1n) is 8.37. The van der Waals surface area contributed by atoms with Gasteiger partial charge in [-0.15, -0.1) is 0 Å². The molecule has 0 radical (unpaired) electrons. The van der Waals surface area contributed by atoms with Crippen molar-refractivity contribution in [1.82, 2.24) is 24.3 Å². The van der Waals surface area contributed by atoms with Gasteiger partial charge in [-0.05, 0) is 31.2 Å². The number of aliphatic hydroxyl groups excluding tert-OH is 1. The third-order valence-electron chi connectivity index (χ3n) is 4.35. The van der Waals surface area contributed by atoms with Gasteiger partial charge in [-0.2, -0.15) is 5.10 Å². The average molecular weight is 382 g/mol. The summed E-state index contributed by atoms with van der Waals surface area (Å²) in [5.74, 6) is 0.461. The summed E-state index contributed by atoms with van der Waals surface area (Å²) in [7, 11) is 0. The van der Waals surface area contributed by atoms with Gasteiger partial charge in [0.1, 0.15) is 5.52 Å². The van der Waals surface area contributed by atoms with Crippen molar-refractivity contribution in [2.75, 3.05) is 6.61 Å². The van der Waals surface area contributed by atoms with Crippen LogP contribution in [0.2, 0.25) is 5.02 Å². The molecule has 7 nitrogen and oxygen atoms in total. The van der Waals surface area contributed by atoms with Crippen LogP contribution in [0, 0.1) is 0 Å². The summed E-state index contributed by atoms with van der Waals surface area (Å²) in [6.45, 7) is 1.60. The first-order valence-corrected chi connectivity index (χ1v) is 8.75. The third-order valence-corrected chi connectivity index (χ3v) is 4.60. The lowest BCUT2D eigenvalue weighted by atomic mass is 10.1. The molecule has 0 amide bonds. The van der Waals surface area contributed by atoms with Crippen molar-refractivity contribution in [2.45, 2.75) is 13.0 Å². The van der Waals surface area contributed by atoms with Gasteiger partial charge in [0.05, 0.1) is 30.1 Å². The number of aromatic nitrogens is 5. The minimum atomic E-state index is -0.380. The lowest BCUT2D eigenvalue weighted by molar-refractivity contribution is 0.236. The van der Waals surface area contributed by atoms with Gasteiger partial charge in [-0.25, -0.2) is 14.6 Å². The normalized spacial score (nSPS) is 12.4. The summed E-state index contributed by atoms with van der Waals surface area (Å²) in [5, 5.41) is 14.7. The molecular formula is C19H16ClN5O2. The summed E-state index contributed by atoms with van der Waals surface area (Å²) in [4.78, 5) is 22.1. The number of rotatable bonds is 4. The number of benzene rings is 1. The van der Waals surface area contributed by atoms with Gasteiger partial charge in [-0.3, -0.25) is 9.36 Å². The fourth-order valence-electron chi connectivity index (χ4n) is 2.85. The van der Waals surface area contributed by atoms with Crippen molar-refractivity contribution in [2.24, 2.45) is 0 Å². The molecule has 1 aromatic carbocycles. The summed E-state index contributed by atoms with van der Waals surface area (Å²) >= 11 is 5.98. The predicted molar refractivity (Wildman–Crippen MR) is 103 cm³/mol. The molecule has 136 valence electrons. The van der Waals surface area contributed by atoms with Crippen LogP contribution in [0.25, 0.3) is 28.0 Å². The van der Waals surface area contributed by atoms with Crippen molar-refractivity contribution in [3.63, 3.8) is 0 Å². The molecule has 1 atom stereocenters.